The van der Waals surface area contributed by atoms with Crippen LogP contribution in [-0.2, 0) is 6.54 Å². The average Bonchev–Trinajstić information content (AvgIpc) is 2.54. The van der Waals surface area contributed by atoms with Crippen LogP contribution < -0.4 is 5.32 Å². The lowest BCUT2D eigenvalue weighted by Crippen LogP contribution is -2.22. The average molecular weight is 295 g/mol. The number of H-pyrrole nitrogens is 1. The summed E-state index contributed by atoms with van der Waals surface area (Å²) >= 11 is 3.70. The van der Waals surface area contributed by atoms with Crippen molar-refractivity contribution in [3.05, 3.63) is 33.4 Å². The molecule has 3 heteroatoms. The third kappa shape index (κ3) is 2.55. The number of nitrogens with one attached hydrogen (secondary N) is 2. The Morgan fingerprint density at radius 2 is 2.00 bits per heavy atom. The fourth-order valence-corrected chi connectivity index (χ4v) is 2.65. The SMILES string of the molecule is Cc1cc(C)c2[nH]c(CNC(C)C)c(Br)c2c1. The number of fused-ring (bicyclic) bond motifs is 1. The van der Waals surface area contributed by atoms with Crippen molar-refractivity contribution < 1.29 is 0 Å². The number of benzene rings is 1. The van der Waals surface area contributed by atoms with Crippen molar-refractivity contribution in [3.8, 4) is 0 Å². The van der Waals surface area contributed by atoms with Crippen LogP contribution in [0.2, 0.25) is 0 Å². The van der Waals surface area contributed by atoms with E-state index in [4.69, 9.17) is 0 Å². The van der Waals surface area contributed by atoms with Crippen molar-refractivity contribution in [2.45, 2.75) is 40.3 Å². The van der Waals surface area contributed by atoms with Crippen molar-refractivity contribution in [1.82, 2.24) is 10.3 Å². The smallest absolute Gasteiger partial charge is 0.0498 e. The zero-order valence-electron chi connectivity index (χ0n) is 10.8. The maximum absolute atomic E-state index is 3.70. The minimum Gasteiger partial charge on any atom is -0.356 e. The monoisotopic (exact) mass is 294 g/mol. The van der Waals surface area contributed by atoms with Crippen LogP contribution in [0.5, 0.6) is 0 Å². The van der Waals surface area contributed by atoms with E-state index in [2.05, 4.69) is 66.1 Å². The second-order valence-corrected chi connectivity index (χ2v) is 5.75. The third-order valence-electron chi connectivity index (χ3n) is 2.94. The van der Waals surface area contributed by atoms with Gasteiger partial charge in [-0.05, 0) is 41.4 Å². The van der Waals surface area contributed by atoms with Gasteiger partial charge < -0.3 is 10.3 Å². The van der Waals surface area contributed by atoms with Crippen LogP contribution in [0.3, 0.4) is 0 Å². The first-order valence-corrected chi connectivity index (χ1v) is 6.79. The van der Waals surface area contributed by atoms with Crippen molar-refractivity contribution >= 4 is 26.8 Å². The molecule has 1 heterocycles. The zero-order chi connectivity index (χ0) is 12.6. The molecule has 0 saturated heterocycles. The van der Waals surface area contributed by atoms with Gasteiger partial charge in [-0.3, -0.25) is 0 Å². The van der Waals surface area contributed by atoms with Crippen molar-refractivity contribution in [2.75, 3.05) is 0 Å². The number of aromatic amines is 1. The fourth-order valence-electron chi connectivity index (χ4n) is 2.10. The standard InChI is InChI=1S/C14H19BrN2/c1-8(2)16-7-12-13(15)11-6-9(3)5-10(4)14(11)17-12/h5-6,8,16-17H,7H2,1-4H3. The molecule has 17 heavy (non-hydrogen) atoms. The highest BCUT2D eigenvalue weighted by Crippen LogP contribution is 2.30. The number of halogens is 1. The van der Waals surface area contributed by atoms with Gasteiger partial charge in [-0.25, -0.2) is 0 Å². The van der Waals surface area contributed by atoms with Gasteiger partial charge >= 0.3 is 0 Å². The van der Waals surface area contributed by atoms with E-state index >= 15 is 0 Å². The van der Waals surface area contributed by atoms with Crippen LogP contribution in [0.1, 0.15) is 30.7 Å². The normalized spacial score (nSPS) is 11.6. The Hall–Kier alpha value is -0.800. The summed E-state index contributed by atoms with van der Waals surface area (Å²) < 4.78 is 1.19. The van der Waals surface area contributed by atoms with Crippen molar-refractivity contribution in [1.29, 1.82) is 0 Å². The van der Waals surface area contributed by atoms with E-state index in [0.29, 0.717) is 6.04 Å². The van der Waals surface area contributed by atoms with E-state index < -0.39 is 0 Å². The van der Waals surface area contributed by atoms with Gasteiger partial charge in [0.2, 0.25) is 0 Å². The molecule has 2 nitrogen and oxygen atoms in total. The van der Waals surface area contributed by atoms with Gasteiger partial charge in [0, 0.05) is 33.7 Å². The molecule has 1 aromatic carbocycles. The lowest BCUT2D eigenvalue weighted by Gasteiger charge is -2.06. The molecule has 2 N–H and O–H groups in total. The molecule has 1 aromatic heterocycles. The Balaban J connectivity index is 2.45. The predicted molar refractivity (Wildman–Crippen MR) is 77.4 cm³/mol. The van der Waals surface area contributed by atoms with E-state index in [-0.39, 0.29) is 0 Å². The Bertz CT molecular complexity index is 541. The summed E-state index contributed by atoms with van der Waals surface area (Å²) in [4.78, 5) is 3.51. The van der Waals surface area contributed by atoms with Gasteiger partial charge in [-0.15, -0.1) is 0 Å². The van der Waals surface area contributed by atoms with Gasteiger partial charge in [0.1, 0.15) is 0 Å². The van der Waals surface area contributed by atoms with Crippen molar-refractivity contribution in [2.24, 2.45) is 0 Å². The second-order valence-electron chi connectivity index (χ2n) is 4.96. The second kappa shape index (κ2) is 4.83. The number of hydrogen-bond acceptors (Lipinski definition) is 1. The third-order valence-corrected chi connectivity index (χ3v) is 3.85. The Labute approximate surface area is 111 Å². The first-order chi connectivity index (χ1) is 7.99. The molecule has 0 aliphatic heterocycles. The van der Waals surface area contributed by atoms with Gasteiger partial charge in [-0.1, -0.05) is 25.5 Å². The highest BCUT2D eigenvalue weighted by Gasteiger charge is 2.11. The molecule has 0 fully saturated rings. The highest BCUT2D eigenvalue weighted by molar-refractivity contribution is 9.10. The lowest BCUT2D eigenvalue weighted by molar-refractivity contribution is 0.582. The van der Waals surface area contributed by atoms with Crippen LogP contribution in [0.4, 0.5) is 0 Å². The summed E-state index contributed by atoms with van der Waals surface area (Å²) in [5.41, 5.74) is 5.07. The van der Waals surface area contributed by atoms with Gasteiger partial charge in [0.25, 0.3) is 0 Å². The molecule has 0 bridgehead atoms. The molecule has 0 aliphatic rings. The van der Waals surface area contributed by atoms with E-state index in [1.165, 1.54) is 32.2 Å². The molecule has 0 radical (unpaired) electrons. The largest absolute Gasteiger partial charge is 0.356 e. The van der Waals surface area contributed by atoms with E-state index in [1.807, 2.05) is 0 Å². The highest BCUT2D eigenvalue weighted by atomic mass is 79.9. The van der Waals surface area contributed by atoms with Crippen LogP contribution in [-0.4, -0.2) is 11.0 Å². The molecule has 0 spiro atoms. The van der Waals surface area contributed by atoms with E-state index in [0.717, 1.165) is 6.54 Å². The number of hydrogen-bond donors (Lipinski definition) is 2. The first kappa shape index (κ1) is 12.7. The van der Waals surface area contributed by atoms with Crippen LogP contribution in [0, 0.1) is 13.8 Å². The molecular formula is C14H19BrN2. The van der Waals surface area contributed by atoms with Crippen LogP contribution in [0.25, 0.3) is 10.9 Å². The Kier molecular flexibility index (Phi) is 3.59. The summed E-state index contributed by atoms with van der Waals surface area (Å²) in [6, 6.07) is 4.93. The maximum atomic E-state index is 3.70. The van der Waals surface area contributed by atoms with Gasteiger partial charge in [-0.2, -0.15) is 0 Å². The molecule has 0 atom stereocenters. The first-order valence-electron chi connectivity index (χ1n) is 5.99. The molecule has 0 aliphatic carbocycles. The summed E-state index contributed by atoms with van der Waals surface area (Å²) in [6.45, 7) is 9.47. The van der Waals surface area contributed by atoms with Crippen molar-refractivity contribution in [3.63, 3.8) is 0 Å². The summed E-state index contributed by atoms with van der Waals surface area (Å²) in [5, 5.41) is 4.72. The Morgan fingerprint density at radius 1 is 1.29 bits per heavy atom. The molecule has 0 amide bonds. The molecule has 0 unspecified atom stereocenters. The topological polar surface area (TPSA) is 27.8 Å². The molecular weight excluding hydrogens is 276 g/mol. The summed E-state index contributed by atoms with van der Waals surface area (Å²) in [6.07, 6.45) is 0. The lowest BCUT2D eigenvalue weighted by atomic mass is 10.1. The zero-order valence-corrected chi connectivity index (χ0v) is 12.4. The number of aromatic nitrogens is 1. The molecule has 0 saturated carbocycles. The minimum absolute atomic E-state index is 0.496. The molecule has 2 rings (SSSR count). The van der Waals surface area contributed by atoms with Crippen LogP contribution >= 0.6 is 15.9 Å². The summed E-state index contributed by atoms with van der Waals surface area (Å²) in [7, 11) is 0. The quantitative estimate of drug-likeness (QED) is 0.878. The van der Waals surface area contributed by atoms with Gasteiger partial charge in [0.05, 0.1) is 0 Å². The molecule has 92 valence electrons. The van der Waals surface area contributed by atoms with E-state index in [9.17, 15) is 0 Å². The number of rotatable bonds is 3. The van der Waals surface area contributed by atoms with Gasteiger partial charge in [0.15, 0.2) is 0 Å². The molecule has 2 aromatic rings. The number of aryl methyl sites for hydroxylation is 2. The predicted octanol–water partition coefficient (Wildman–Crippen LogP) is 4.05. The van der Waals surface area contributed by atoms with Crippen LogP contribution in [0.15, 0.2) is 16.6 Å². The Morgan fingerprint density at radius 3 is 2.65 bits per heavy atom. The summed E-state index contributed by atoms with van der Waals surface area (Å²) in [5.74, 6) is 0. The van der Waals surface area contributed by atoms with E-state index in [1.54, 1.807) is 0 Å². The fraction of sp³-hybridized carbons (Fsp3) is 0.429. The maximum Gasteiger partial charge on any atom is 0.0498 e. The minimum atomic E-state index is 0.496.